The highest BCUT2D eigenvalue weighted by Gasteiger charge is 1.97. The number of anilines is 2. The summed E-state index contributed by atoms with van der Waals surface area (Å²) < 4.78 is 0. The number of rotatable bonds is 4. The Hall–Kier alpha value is -2.29. The minimum Gasteiger partial charge on any atom is -0.388 e. The summed E-state index contributed by atoms with van der Waals surface area (Å²) in [5.41, 5.74) is 4.18. The van der Waals surface area contributed by atoms with Gasteiger partial charge in [0.2, 0.25) is 6.41 Å². The molecule has 0 saturated heterocycles. The van der Waals surface area contributed by atoms with Gasteiger partial charge in [0.05, 0.1) is 0 Å². The molecule has 0 spiro atoms. The molecule has 0 aliphatic heterocycles. The summed E-state index contributed by atoms with van der Waals surface area (Å²) in [7, 11) is 1.90. The molecule has 3 heteroatoms. The molecule has 0 fully saturated rings. The second kappa shape index (κ2) is 5.16. The van der Waals surface area contributed by atoms with Crippen LogP contribution in [0.15, 0.2) is 48.5 Å². The average molecular weight is 226 g/mol. The van der Waals surface area contributed by atoms with Crippen LogP contribution in [0.3, 0.4) is 0 Å². The van der Waals surface area contributed by atoms with Gasteiger partial charge in [0.1, 0.15) is 0 Å². The Morgan fingerprint density at radius 3 is 1.71 bits per heavy atom. The third kappa shape index (κ3) is 2.64. The van der Waals surface area contributed by atoms with Crippen molar-refractivity contribution in [2.75, 3.05) is 17.7 Å². The van der Waals surface area contributed by atoms with Gasteiger partial charge in [0, 0.05) is 18.4 Å². The van der Waals surface area contributed by atoms with Crippen LogP contribution < -0.4 is 10.6 Å². The van der Waals surface area contributed by atoms with Gasteiger partial charge in [-0.15, -0.1) is 0 Å². The van der Waals surface area contributed by atoms with E-state index in [0.717, 1.165) is 22.5 Å². The molecule has 0 heterocycles. The molecule has 0 radical (unpaired) electrons. The molecule has 2 N–H and O–H groups in total. The van der Waals surface area contributed by atoms with E-state index in [1.165, 1.54) is 0 Å². The zero-order valence-electron chi connectivity index (χ0n) is 9.60. The van der Waals surface area contributed by atoms with Crippen LogP contribution in [0.1, 0.15) is 0 Å². The van der Waals surface area contributed by atoms with E-state index in [9.17, 15) is 4.79 Å². The molecular weight excluding hydrogens is 212 g/mol. The lowest BCUT2D eigenvalue weighted by atomic mass is 10.1. The Morgan fingerprint density at radius 1 is 0.824 bits per heavy atom. The van der Waals surface area contributed by atoms with Gasteiger partial charge >= 0.3 is 0 Å². The molecule has 1 amide bonds. The van der Waals surface area contributed by atoms with Crippen LogP contribution >= 0.6 is 0 Å². The lowest BCUT2D eigenvalue weighted by molar-refractivity contribution is -0.105. The van der Waals surface area contributed by atoms with Gasteiger partial charge < -0.3 is 10.6 Å². The normalized spacial score (nSPS) is 9.71. The molecule has 2 aromatic rings. The Kier molecular flexibility index (Phi) is 3.40. The van der Waals surface area contributed by atoms with Crippen LogP contribution in [0, 0.1) is 0 Å². The predicted octanol–water partition coefficient (Wildman–Crippen LogP) is 2.96. The highest BCUT2D eigenvalue weighted by Crippen LogP contribution is 2.22. The lowest BCUT2D eigenvalue weighted by Gasteiger charge is -2.05. The molecule has 17 heavy (non-hydrogen) atoms. The van der Waals surface area contributed by atoms with Gasteiger partial charge in [-0.05, 0) is 35.4 Å². The largest absolute Gasteiger partial charge is 0.388 e. The number of carbonyl (C=O) groups excluding carboxylic acids is 1. The molecule has 0 aliphatic rings. The van der Waals surface area contributed by atoms with E-state index < -0.39 is 0 Å². The fourth-order valence-corrected chi connectivity index (χ4v) is 1.66. The summed E-state index contributed by atoms with van der Waals surface area (Å²) in [6.45, 7) is 0. The maximum atomic E-state index is 10.3. The monoisotopic (exact) mass is 226 g/mol. The van der Waals surface area contributed by atoms with Gasteiger partial charge in [-0.2, -0.15) is 0 Å². The molecule has 0 atom stereocenters. The van der Waals surface area contributed by atoms with Crippen molar-refractivity contribution in [3.05, 3.63) is 48.5 Å². The smallest absolute Gasteiger partial charge is 0.211 e. The van der Waals surface area contributed by atoms with E-state index in [2.05, 4.69) is 22.8 Å². The molecule has 0 unspecified atom stereocenters. The van der Waals surface area contributed by atoms with Crippen molar-refractivity contribution >= 4 is 17.8 Å². The minimum atomic E-state index is 0.677. The molecule has 0 bridgehead atoms. The van der Waals surface area contributed by atoms with Crippen molar-refractivity contribution in [1.29, 1.82) is 0 Å². The van der Waals surface area contributed by atoms with Crippen molar-refractivity contribution in [1.82, 2.24) is 0 Å². The summed E-state index contributed by atoms with van der Waals surface area (Å²) >= 11 is 0. The summed E-state index contributed by atoms with van der Waals surface area (Å²) in [5, 5.41) is 5.70. The highest BCUT2D eigenvalue weighted by molar-refractivity contribution is 5.74. The van der Waals surface area contributed by atoms with Crippen LogP contribution in [0.5, 0.6) is 0 Å². The van der Waals surface area contributed by atoms with E-state index in [1.807, 2.05) is 43.4 Å². The Balaban J connectivity index is 2.23. The number of benzene rings is 2. The fourth-order valence-electron chi connectivity index (χ4n) is 1.66. The SMILES string of the molecule is CNc1ccc(-c2ccc(NC=O)cc2)cc1. The van der Waals surface area contributed by atoms with Gasteiger partial charge in [-0.25, -0.2) is 0 Å². The van der Waals surface area contributed by atoms with Crippen molar-refractivity contribution in [2.24, 2.45) is 0 Å². The zero-order valence-corrected chi connectivity index (χ0v) is 9.60. The first-order chi connectivity index (χ1) is 8.33. The number of amides is 1. The first-order valence-corrected chi connectivity index (χ1v) is 5.42. The molecular formula is C14H14N2O. The fraction of sp³-hybridized carbons (Fsp3) is 0.0714. The van der Waals surface area contributed by atoms with E-state index in [4.69, 9.17) is 0 Å². The second-order valence-corrected chi connectivity index (χ2v) is 3.67. The van der Waals surface area contributed by atoms with Crippen LogP contribution in [0.2, 0.25) is 0 Å². The summed E-state index contributed by atoms with van der Waals surface area (Å²) in [5.74, 6) is 0. The van der Waals surface area contributed by atoms with Gasteiger partial charge in [-0.3, -0.25) is 4.79 Å². The third-order valence-corrected chi connectivity index (χ3v) is 2.62. The zero-order chi connectivity index (χ0) is 12.1. The lowest BCUT2D eigenvalue weighted by Crippen LogP contribution is -1.92. The predicted molar refractivity (Wildman–Crippen MR) is 71.1 cm³/mol. The second-order valence-electron chi connectivity index (χ2n) is 3.67. The maximum absolute atomic E-state index is 10.3. The van der Waals surface area contributed by atoms with E-state index >= 15 is 0 Å². The van der Waals surface area contributed by atoms with E-state index in [0.29, 0.717) is 6.41 Å². The van der Waals surface area contributed by atoms with Crippen LogP contribution in [0.4, 0.5) is 11.4 Å². The topological polar surface area (TPSA) is 41.1 Å². The van der Waals surface area contributed by atoms with Gasteiger partial charge in [-0.1, -0.05) is 24.3 Å². The Bertz CT molecular complexity index is 489. The Morgan fingerprint density at radius 2 is 1.29 bits per heavy atom. The molecule has 2 rings (SSSR count). The average Bonchev–Trinajstić information content (AvgIpc) is 2.40. The number of nitrogens with one attached hydrogen (secondary N) is 2. The van der Waals surface area contributed by atoms with Crippen LogP contribution in [-0.4, -0.2) is 13.5 Å². The van der Waals surface area contributed by atoms with E-state index in [1.54, 1.807) is 0 Å². The molecule has 0 aromatic heterocycles. The number of hydrogen-bond acceptors (Lipinski definition) is 2. The van der Waals surface area contributed by atoms with Crippen LogP contribution in [0.25, 0.3) is 11.1 Å². The van der Waals surface area contributed by atoms with Crippen LogP contribution in [-0.2, 0) is 4.79 Å². The molecule has 0 aliphatic carbocycles. The summed E-state index contributed by atoms with van der Waals surface area (Å²) in [6.07, 6.45) is 0.677. The quantitative estimate of drug-likeness (QED) is 0.787. The summed E-state index contributed by atoms with van der Waals surface area (Å²) in [6, 6.07) is 15.9. The molecule has 2 aromatic carbocycles. The first-order valence-electron chi connectivity index (χ1n) is 5.42. The number of hydrogen-bond donors (Lipinski definition) is 2. The molecule has 0 saturated carbocycles. The highest BCUT2D eigenvalue weighted by atomic mass is 16.1. The first kappa shape index (κ1) is 11.2. The molecule has 3 nitrogen and oxygen atoms in total. The van der Waals surface area contributed by atoms with Gasteiger partial charge in [0.25, 0.3) is 0 Å². The maximum Gasteiger partial charge on any atom is 0.211 e. The van der Waals surface area contributed by atoms with Crippen molar-refractivity contribution in [3.63, 3.8) is 0 Å². The van der Waals surface area contributed by atoms with E-state index in [-0.39, 0.29) is 0 Å². The molecule has 86 valence electrons. The van der Waals surface area contributed by atoms with Crippen molar-refractivity contribution < 1.29 is 4.79 Å². The van der Waals surface area contributed by atoms with Gasteiger partial charge in [0.15, 0.2) is 0 Å². The third-order valence-electron chi connectivity index (χ3n) is 2.62. The van der Waals surface area contributed by atoms with Crippen molar-refractivity contribution in [3.8, 4) is 11.1 Å². The standard InChI is InChI=1S/C14H14N2O/c1-15-13-6-2-11(3-7-13)12-4-8-14(9-5-12)16-10-17/h2-10,15H,1H3,(H,16,17). The minimum absolute atomic E-state index is 0.677. The number of carbonyl (C=O) groups is 1. The Labute approximate surface area is 100 Å². The van der Waals surface area contributed by atoms with Crippen molar-refractivity contribution in [2.45, 2.75) is 0 Å². The summed E-state index contributed by atoms with van der Waals surface area (Å²) in [4.78, 5) is 10.3.